The molecule has 1 aromatic carbocycles. The van der Waals surface area contributed by atoms with E-state index in [2.05, 4.69) is 0 Å². The lowest BCUT2D eigenvalue weighted by Gasteiger charge is -2.17. The Morgan fingerprint density at radius 3 is 2.35 bits per heavy atom. The van der Waals surface area contributed by atoms with Crippen LogP contribution in [0.2, 0.25) is 0 Å². The first-order valence-corrected chi connectivity index (χ1v) is 6.35. The van der Waals surface area contributed by atoms with Gasteiger partial charge in [0.1, 0.15) is 0 Å². The Kier molecular flexibility index (Phi) is 6.36. The van der Waals surface area contributed by atoms with Crippen molar-refractivity contribution in [3.63, 3.8) is 0 Å². The Bertz CT molecular complexity index is 461. The summed E-state index contributed by atoms with van der Waals surface area (Å²) in [6.07, 6.45) is -0.0855. The van der Waals surface area contributed by atoms with Gasteiger partial charge in [0.05, 0.1) is 13.0 Å². The molecule has 0 aliphatic heterocycles. The van der Waals surface area contributed by atoms with Gasteiger partial charge in [0, 0.05) is 13.6 Å². The number of amides is 1. The van der Waals surface area contributed by atoms with Crippen molar-refractivity contribution in [3.8, 4) is 11.5 Å². The molecule has 1 rings (SSSR count). The predicted molar refractivity (Wildman–Crippen MR) is 73.0 cm³/mol. The van der Waals surface area contributed by atoms with Crippen LogP contribution in [-0.4, -0.2) is 48.7 Å². The van der Waals surface area contributed by atoms with Gasteiger partial charge in [-0.3, -0.25) is 9.59 Å². The SMILES string of the molecule is CCOc1ccccc1OCC(=O)N(C)CCC(=O)O. The summed E-state index contributed by atoms with van der Waals surface area (Å²) >= 11 is 0. The van der Waals surface area contributed by atoms with Crippen molar-refractivity contribution in [1.29, 1.82) is 0 Å². The molecular weight excluding hydrogens is 262 g/mol. The molecule has 0 radical (unpaired) electrons. The molecule has 0 bridgehead atoms. The smallest absolute Gasteiger partial charge is 0.305 e. The van der Waals surface area contributed by atoms with E-state index in [1.807, 2.05) is 13.0 Å². The summed E-state index contributed by atoms with van der Waals surface area (Å²) in [4.78, 5) is 23.5. The van der Waals surface area contributed by atoms with Gasteiger partial charge in [-0.15, -0.1) is 0 Å². The molecule has 0 unspecified atom stereocenters. The van der Waals surface area contributed by atoms with Crippen molar-refractivity contribution in [1.82, 2.24) is 4.90 Å². The number of nitrogens with zero attached hydrogens (tertiary/aromatic N) is 1. The summed E-state index contributed by atoms with van der Waals surface area (Å²) in [5, 5.41) is 8.56. The lowest BCUT2D eigenvalue weighted by Crippen LogP contribution is -2.33. The van der Waals surface area contributed by atoms with E-state index in [4.69, 9.17) is 14.6 Å². The fourth-order valence-electron chi connectivity index (χ4n) is 1.48. The Hall–Kier alpha value is -2.24. The highest BCUT2D eigenvalue weighted by atomic mass is 16.5. The van der Waals surface area contributed by atoms with Crippen LogP contribution in [0.5, 0.6) is 11.5 Å². The summed E-state index contributed by atoms with van der Waals surface area (Å²) in [6.45, 7) is 2.37. The maximum atomic E-state index is 11.8. The van der Waals surface area contributed by atoms with E-state index in [1.54, 1.807) is 25.2 Å². The van der Waals surface area contributed by atoms with Crippen molar-refractivity contribution in [3.05, 3.63) is 24.3 Å². The van der Waals surface area contributed by atoms with Gasteiger partial charge in [-0.25, -0.2) is 0 Å². The van der Waals surface area contributed by atoms with Crippen molar-refractivity contribution in [2.24, 2.45) is 0 Å². The highest BCUT2D eigenvalue weighted by Gasteiger charge is 2.12. The molecule has 0 aliphatic carbocycles. The summed E-state index contributed by atoms with van der Waals surface area (Å²) in [5.41, 5.74) is 0. The molecule has 20 heavy (non-hydrogen) atoms. The van der Waals surface area contributed by atoms with E-state index in [1.165, 1.54) is 4.90 Å². The standard InChI is InChI=1S/C14H19NO5/c1-3-19-11-6-4-5-7-12(11)20-10-13(16)15(2)9-8-14(17)18/h4-7H,3,8-10H2,1-2H3,(H,17,18). The molecular formula is C14H19NO5. The number of hydrogen-bond donors (Lipinski definition) is 1. The molecule has 1 aromatic rings. The van der Waals surface area contributed by atoms with Crippen LogP contribution in [0.3, 0.4) is 0 Å². The molecule has 6 nitrogen and oxygen atoms in total. The van der Waals surface area contributed by atoms with Gasteiger partial charge >= 0.3 is 5.97 Å². The highest BCUT2D eigenvalue weighted by Crippen LogP contribution is 2.26. The van der Waals surface area contributed by atoms with Crippen LogP contribution >= 0.6 is 0 Å². The average molecular weight is 281 g/mol. The fourth-order valence-corrected chi connectivity index (χ4v) is 1.48. The average Bonchev–Trinajstić information content (AvgIpc) is 2.43. The summed E-state index contributed by atoms with van der Waals surface area (Å²) in [5.74, 6) is -0.143. The number of carbonyl (C=O) groups excluding carboxylic acids is 1. The molecule has 0 aromatic heterocycles. The number of carbonyl (C=O) groups is 2. The molecule has 0 spiro atoms. The molecule has 0 fully saturated rings. The monoisotopic (exact) mass is 281 g/mol. The largest absolute Gasteiger partial charge is 0.490 e. The third-order valence-electron chi connectivity index (χ3n) is 2.59. The second-order valence-corrected chi connectivity index (χ2v) is 4.13. The van der Waals surface area contributed by atoms with Crippen LogP contribution in [0.25, 0.3) is 0 Å². The number of aliphatic carboxylic acids is 1. The Morgan fingerprint density at radius 2 is 1.80 bits per heavy atom. The molecule has 0 heterocycles. The van der Waals surface area contributed by atoms with Crippen molar-refractivity contribution in [2.45, 2.75) is 13.3 Å². The van der Waals surface area contributed by atoms with Gasteiger partial charge in [-0.2, -0.15) is 0 Å². The number of rotatable bonds is 8. The number of hydrogen-bond acceptors (Lipinski definition) is 4. The first-order valence-electron chi connectivity index (χ1n) is 6.35. The molecule has 0 aliphatic rings. The zero-order valence-corrected chi connectivity index (χ0v) is 11.7. The maximum absolute atomic E-state index is 11.8. The van der Waals surface area contributed by atoms with Gasteiger partial charge in [0.2, 0.25) is 0 Å². The normalized spacial score (nSPS) is 9.90. The second kappa shape index (κ2) is 8.04. The molecule has 110 valence electrons. The second-order valence-electron chi connectivity index (χ2n) is 4.13. The first kappa shape index (κ1) is 15.8. The Labute approximate surface area is 117 Å². The molecule has 6 heteroatoms. The zero-order valence-electron chi connectivity index (χ0n) is 11.7. The molecule has 0 atom stereocenters. The van der Waals surface area contributed by atoms with Gasteiger partial charge in [0.15, 0.2) is 18.1 Å². The maximum Gasteiger partial charge on any atom is 0.305 e. The summed E-state index contributed by atoms with van der Waals surface area (Å²) < 4.78 is 10.8. The van der Waals surface area contributed by atoms with Gasteiger partial charge < -0.3 is 19.5 Å². The minimum Gasteiger partial charge on any atom is -0.490 e. The van der Waals surface area contributed by atoms with E-state index in [0.29, 0.717) is 18.1 Å². The number of benzene rings is 1. The van der Waals surface area contributed by atoms with E-state index in [9.17, 15) is 9.59 Å². The molecule has 0 saturated heterocycles. The van der Waals surface area contributed by atoms with Crippen LogP contribution < -0.4 is 9.47 Å². The van der Waals surface area contributed by atoms with Gasteiger partial charge in [0.25, 0.3) is 5.91 Å². The van der Waals surface area contributed by atoms with Gasteiger partial charge in [-0.05, 0) is 19.1 Å². The van der Waals surface area contributed by atoms with Crippen LogP contribution in [0.4, 0.5) is 0 Å². The number of likely N-dealkylation sites (N-methyl/N-ethyl adjacent to an activating group) is 1. The van der Waals surface area contributed by atoms with E-state index in [0.717, 1.165) is 0 Å². The summed E-state index contributed by atoms with van der Waals surface area (Å²) in [7, 11) is 1.54. The summed E-state index contributed by atoms with van der Waals surface area (Å²) in [6, 6.07) is 7.09. The molecule has 1 N–H and O–H groups in total. The number of para-hydroxylation sites is 2. The zero-order chi connectivity index (χ0) is 15.0. The van der Waals surface area contributed by atoms with Crippen molar-refractivity contribution < 1.29 is 24.2 Å². The van der Waals surface area contributed by atoms with E-state index < -0.39 is 5.97 Å². The van der Waals surface area contributed by atoms with Crippen LogP contribution in [0.15, 0.2) is 24.3 Å². The minimum atomic E-state index is -0.938. The van der Waals surface area contributed by atoms with Crippen LogP contribution in [0.1, 0.15) is 13.3 Å². The topological polar surface area (TPSA) is 76.1 Å². The highest BCUT2D eigenvalue weighted by molar-refractivity contribution is 5.78. The predicted octanol–water partition coefficient (Wildman–Crippen LogP) is 1.40. The van der Waals surface area contributed by atoms with Crippen LogP contribution in [0, 0.1) is 0 Å². The lowest BCUT2D eigenvalue weighted by atomic mass is 10.3. The lowest BCUT2D eigenvalue weighted by molar-refractivity contribution is -0.138. The molecule has 1 amide bonds. The van der Waals surface area contributed by atoms with Crippen molar-refractivity contribution in [2.75, 3.05) is 26.8 Å². The molecule has 0 saturated carbocycles. The quantitative estimate of drug-likeness (QED) is 0.779. The number of ether oxygens (including phenoxy) is 2. The van der Waals surface area contributed by atoms with E-state index in [-0.39, 0.29) is 25.5 Å². The Morgan fingerprint density at radius 1 is 1.20 bits per heavy atom. The van der Waals surface area contributed by atoms with Crippen molar-refractivity contribution >= 4 is 11.9 Å². The van der Waals surface area contributed by atoms with Crippen LogP contribution in [-0.2, 0) is 9.59 Å². The Balaban J connectivity index is 2.50. The third-order valence-corrected chi connectivity index (χ3v) is 2.59. The third kappa shape index (κ3) is 5.17. The first-order chi connectivity index (χ1) is 9.54. The number of carboxylic acids is 1. The number of carboxylic acid groups (broad SMARTS) is 1. The fraction of sp³-hybridized carbons (Fsp3) is 0.429. The minimum absolute atomic E-state index is 0.0855. The van der Waals surface area contributed by atoms with Gasteiger partial charge in [-0.1, -0.05) is 12.1 Å². The van der Waals surface area contributed by atoms with E-state index >= 15 is 0 Å².